The van der Waals surface area contributed by atoms with Crippen molar-refractivity contribution < 1.29 is 8.42 Å². The zero-order chi connectivity index (χ0) is 15.6. The molecule has 2 rings (SSSR count). The molecule has 0 bridgehead atoms. The second-order valence-corrected chi connectivity index (χ2v) is 7.58. The van der Waals surface area contributed by atoms with Gasteiger partial charge in [-0.25, -0.2) is 8.42 Å². The summed E-state index contributed by atoms with van der Waals surface area (Å²) in [4.78, 5) is -0.0252. The minimum atomic E-state index is -3.72. The minimum absolute atomic E-state index is 0.0243. The molecule has 2 unspecified atom stereocenters. The van der Waals surface area contributed by atoms with Crippen molar-refractivity contribution in [2.24, 2.45) is 11.7 Å². The molecule has 1 aliphatic rings. The van der Waals surface area contributed by atoms with Crippen LogP contribution in [0.15, 0.2) is 23.1 Å². The Hall–Kier alpha value is -1.13. The summed E-state index contributed by atoms with van der Waals surface area (Å²) in [5.41, 5.74) is 6.13. The molecule has 0 radical (unpaired) electrons. The van der Waals surface area contributed by atoms with Crippen molar-refractivity contribution in [2.45, 2.75) is 30.7 Å². The molecule has 114 valence electrons. The van der Waals surface area contributed by atoms with Gasteiger partial charge in [-0.2, -0.15) is 9.57 Å². The first kappa shape index (κ1) is 16.2. The number of halogens is 1. The Kier molecular flexibility index (Phi) is 4.89. The quantitative estimate of drug-likeness (QED) is 0.919. The van der Waals surface area contributed by atoms with Crippen LogP contribution < -0.4 is 5.73 Å². The van der Waals surface area contributed by atoms with Crippen molar-refractivity contribution in [3.8, 4) is 6.07 Å². The molecule has 2 N–H and O–H groups in total. The van der Waals surface area contributed by atoms with E-state index in [0.717, 1.165) is 6.42 Å². The second-order valence-electron chi connectivity index (χ2n) is 5.24. The third-order valence-electron chi connectivity index (χ3n) is 3.96. The fourth-order valence-electron chi connectivity index (χ4n) is 2.61. The maximum Gasteiger partial charge on any atom is 0.244 e. The lowest BCUT2D eigenvalue weighted by Crippen LogP contribution is -2.49. The first-order valence-corrected chi connectivity index (χ1v) is 8.67. The van der Waals surface area contributed by atoms with Crippen molar-refractivity contribution in [1.29, 1.82) is 5.26 Å². The molecule has 1 aliphatic heterocycles. The van der Waals surface area contributed by atoms with Crippen LogP contribution in [0.3, 0.4) is 0 Å². The number of piperidine rings is 1. The molecular weight excluding hydrogens is 310 g/mol. The number of nitriles is 1. The topological polar surface area (TPSA) is 87.2 Å². The lowest BCUT2D eigenvalue weighted by atomic mass is 9.92. The molecule has 1 fully saturated rings. The van der Waals surface area contributed by atoms with E-state index >= 15 is 0 Å². The number of benzene rings is 1. The third-order valence-corrected chi connectivity index (χ3v) is 6.10. The Morgan fingerprint density at radius 2 is 2.24 bits per heavy atom. The van der Waals surface area contributed by atoms with Gasteiger partial charge in [-0.1, -0.05) is 24.9 Å². The lowest BCUT2D eigenvalue weighted by Gasteiger charge is -2.35. The van der Waals surface area contributed by atoms with Crippen molar-refractivity contribution in [2.75, 3.05) is 13.1 Å². The molecular formula is C14H18ClN3O2S. The Morgan fingerprint density at radius 1 is 1.52 bits per heavy atom. The Labute approximate surface area is 130 Å². The molecule has 0 saturated carbocycles. The summed E-state index contributed by atoms with van der Waals surface area (Å²) in [6.07, 6.45) is 1.45. The average Bonchev–Trinajstić information content (AvgIpc) is 2.47. The molecule has 0 spiro atoms. The van der Waals surface area contributed by atoms with Crippen LogP contribution in [0.2, 0.25) is 5.02 Å². The highest BCUT2D eigenvalue weighted by atomic mass is 35.5. The highest BCUT2D eigenvalue weighted by Gasteiger charge is 2.34. The Balaban J connectivity index is 2.39. The maximum absolute atomic E-state index is 12.8. The first-order chi connectivity index (χ1) is 9.90. The van der Waals surface area contributed by atoms with Gasteiger partial charge in [0.15, 0.2) is 0 Å². The molecule has 0 amide bonds. The summed E-state index contributed by atoms with van der Waals surface area (Å²) in [5.74, 6) is 0.137. The van der Waals surface area contributed by atoms with E-state index in [9.17, 15) is 8.42 Å². The van der Waals surface area contributed by atoms with Gasteiger partial charge in [-0.05, 0) is 30.5 Å². The SMILES string of the molecule is CCC1CN(S(=O)(=O)c2cc(Cl)ccc2C#N)CCC1N. The smallest absolute Gasteiger partial charge is 0.244 e. The van der Waals surface area contributed by atoms with E-state index in [1.54, 1.807) is 0 Å². The standard InChI is InChI=1S/C14H18ClN3O2S/c1-2-10-9-18(6-5-13(10)17)21(19,20)14-7-12(15)4-3-11(14)8-16/h3-4,7,10,13H,2,5-6,9,17H2,1H3. The van der Waals surface area contributed by atoms with E-state index in [2.05, 4.69) is 0 Å². The summed E-state index contributed by atoms with van der Waals surface area (Å²) < 4.78 is 26.9. The Morgan fingerprint density at radius 3 is 2.86 bits per heavy atom. The van der Waals surface area contributed by atoms with Crippen molar-refractivity contribution in [1.82, 2.24) is 4.31 Å². The van der Waals surface area contributed by atoms with Gasteiger partial charge in [0.05, 0.1) is 5.56 Å². The average molecular weight is 328 g/mol. The normalized spacial score (nSPS) is 23.7. The molecule has 7 heteroatoms. The third kappa shape index (κ3) is 3.22. The van der Waals surface area contributed by atoms with Gasteiger partial charge < -0.3 is 5.73 Å². The number of hydrogen-bond donors (Lipinski definition) is 1. The molecule has 1 heterocycles. The van der Waals surface area contributed by atoms with E-state index in [-0.39, 0.29) is 22.4 Å². The van der Waals surface area contributed by atoms with Gasteiger partial charge in [0, 0.05) is 24.2 Å². The van der Waals surface area contributed by atoms with Crippen molar-refractivity contribution in [3.05, 3.63) is 28.8 Å². The molecule has 1 aromatic carbocycles. The molecule has 2 atom stereocenters. The number of nitrogens with two attached hydrogens (primary N) is 1. The molecule has 5 nitrogen and oxygen atoms in total. The van der Waals surface area contributed by atoms with Crippen LogP contribution in [-0.4, -0.2) is 31.9 Å². The predicted molar refractivity (Wildman–Crippen MR) is 81.3 cm³/mol. The molecule has 1 saturated heterocycles. The van der Waals surface area contributed by atoms with E-state index in [0.29, 0.717) is 24.5 Å². The monoisotopic (exact) mass is 327 g/mol. The van der Waals surface area contributed by atoms with Gasteiger partial charge >= 0.3 is 0 Å². The van der Waals surface area contributed by atoms with Gasteiger partial charge in [0.1, 0.15) is 11.0 Å². The van der Waals surface area contributed by atoms with Gasteiger partial charge in [-0.15, -0.1) is 0 Å². The predicted octanol–water partition coefficient (Wildman–Crippen LogP) is 1.96. The van der Waals surface area contributed by atoms with Crippen molar-refractivity contribution >= 4 is 21.6 Å². The van der Waals surface area contributed by atoms with Crippen LogP contribution >= 0.6 is 11.6 Å². The van der Waals surface area contributed by atoms with E-state index < -0.39 is 10.0 Å². The number of sulfonamides is 1. The summed E-state index contributed by atoms with van der Waals surface area (Å²) in [6.45, 7) is 2.76. The first-order valence-electron chi connectivity index (χ1n) is 6.85. The molecule has 1 aromatic rings. The Bertz CT molecular complexity index is 669. The van der Waals surface area contributed by atoms with E-state index in [4.69, 9.17) is 22.6 Å². The summed E-state index contributed by atoms with van der Waals surface area (Å²) in [6, 6.07) is 6.22. The largest absolute Gasteiger partial charge is 0.327 e. The molecule has 21 heavy (non-hydrogen) atoms. The van der Waals surface area contributed by atoms with Crippen LogP contribution in [-0.2, 0) is 10.0 Å². The highest BCUT2D eigenvalue weighted by Crippen LogP contribution is 2.28. The number of rotatable bonds is 3. The zero-order valence-corrected chi connectivity index (χ0v) is 13.4. The maximum atomic E-state index is 12.8. The number of hydrogen-bond acceptors (Lipinski definition) is 4. The molecule has 0 aromatic heterocycles. The van der Waals surface area contributed by atoms with Crippen molar-refractivity contribution in [3.63, 3.8) is 0 Å². The minimum Gasteiger partial charge on any atom is -0.327 e. The van der Waals surface area contributed by atoms with Gasteiger partial charge in [-0.3, -0.25) is 0 Å². The van der Waals surface area contributed by atoms with Crippen LogP contribution in [0.4, 0.5) is 0 Å². The summed E-state index contributed by atoms with van der Waals surface area (Å²) in [7, 11) is -3.72. The second kappa shape index (κ2) is 6.32. The van der Waals surface area contributed by atoms with E-state index in [1.807, 2.05) is 13.0 Å². The van der Waals surface area contributed by atoms with Gasteiger partial charge in [0.2, 0.25) is 10.0 Å². The fraction of sp³-hybridized carbons (Fsp3) is 0.500. The highest BCUT2D eigenvalue weighted by molar-refractivity contribution is 7.89. The fourth-order valence-corrected chi connectivity index (χ4v) is 4.52. The molecule has 0 aliphatic carbocycles. The van der Waals surface area contributed by atoms with Crippen LogP contribution in [0.5, 0.6) is 0 Å². The zero-order valence-electron chi connectivity index (χ0n) is 11.8. The van der Waals surface area contributed by atoms with Crippen LogP contribution in [0, 0.1) is 17.2 Å². The van der Waals surface area contributed by atoms with Crippen LogP contribution in [0.1, 0.15) is 25.3 Å². The van der Waals surface area contributed by atoms with Crippen LogP contribution in [0.25, 0.3) is 0 Å². The lowest BCUT2D eigenvalue weighted by molar-refractivity contribution is 0.230. The summed E-state index contributed by atoms with van der Waals surface area (Å²) in [5, 5.41) is 9.41. The van der Waals surface area contributed by atoms with Gasteiger partial charge in [0.25, 0.3) is 0 Å². The summed E-state index contributed by atoms with van der Waals surface area (Å²) >= 11 is 5.89. The number of nitrogens with zero attached hydrogens (tertiary/aromatic N) is 2. The van der Waals surface area contributed by atoms with E-state index in [1.165, 1.54) is 22.5 Å².